The molecule has 2 rings (SSSR count). The molecule has 2 fully saturated rings. The van der Waals surface area contributed by atoms with E-state index < -0.39 is 30.7 Å². The predicted octanol–water partition coefficient (Wildman–Crippen LogP) is -0.315. The first-order chi connectivity index (χ1) is 8.04. The van der Waals surface area contributed by atoms with Crippen molar-refractivity contribution in [1.82, 2.24) is 0 Å². The fraction of sp³-hybridized carbons (Fsp3) is 0.909. The molecule has 0 unspecified atom stereocenters. The minimum absolute atomic E-state index is 0.196. The van der Waals surface area contributed by atoms with Gasteiger partial charge in [0.25, 0.3) is 0 Å². The molecular formula is C11H18O6. The maximum absolute atomic E-state index is 11.5. The van der Waals surface area contributed by atoms with E-state index in [0.717, 1.165) is 0 Å². The summed E-state index contributed by atoms with van der Waals surface area (Å²) in [5.74, 6) is -0.489. The maximum Gasteiger partial charge on any atom is 0.308 e. The third-order valence-corrected chi connectivity index (χ3v) is 3.02. The Hall–Kier alpha value is -0.690. The summed E-state index contributed by atoms with van der Waals surface area (Å²) in [6.07, 6.45) is -2.95. The highest BCUT2D eigenvalue weighted by molar-refractivity contribution is 5.71. The summed E-state index contributed by atoms with van der Waals surface area (Å²) in [6.45, 7) is 3.77. The first-order valence-electron chi connectivity index (χ1n) is 5.73. The van der Waals surface area contributed by atoms with Gasteiger partial charge in [0.05, 0.1) is 12.5 Å². The molecule has 6 nitrogen and oxygen atoms in total. The van der Waals surface area contributed by atoms with Crippen molar-refractivity contribution in [2.75, 3.05) is 13.7 Å². The summed E-state index contributed by atoms with van der Waals surface area (Å²) in [5, 5.41) is 9.80. The van der Waals surface area contributed by atoms with Crippen molar-refractivity contribution < 1.29 is 28.8 Å². The van der Waals surface area contributed by atoms with E-state index >= 15 is 0 Å². The number of carbonyl (C=O) groups is 1. The third kappa shape index (κ3) is 2.30. The second-order valence-corrected chi connectivity index (χ2v) is 4.62. The van der Waals surface area contributed by atoms with Gasteiger partial charge in [-0.1, -0.05) is 13.8 Å². The molecule has 6 heteroatoms. The quantitative estimate of drug-likeness (QED) is 0.688. The molecule has 0 saturated carbocycles. The van der Waals surface area contributed by atoms with Gasteiger partial charge in [0.1, 0.15) is 18.3 Å². The van der Waals surface area contributed by atoms with E-state index in [4.69, 9.17) is 18.9 Å². The summed E-state index contributed by atoms with van der Waals surface area (Å²) in [7, 11) is 1.45. The lowest BCUT2D eigenvalue weighted by molar-refractivity contribution is -0.181. The molecule has 5 atom stereocenters. The highest BCUT2D eigenvalue weighted by Crippen LogP contribution is 2.33. The van der Waals surface area contributed by atoms with Crippen LogP contribution in [0.1, 0.15) is 13.8 Å². The van der Waals surface area contributed by atoms with Gasteiger partial charge >= 0.3 is 5.97 Å². The molecular weight excluding hydrogens is 228 g/mol. The number of rotatable bonds is 3. The zero-order valence-corrected chi connectivity index (χ0v) is 10.2. The van der Waals surface area contributed by atoms with E-state index in [1.807, 2.05) is 0 Å². The van der Waals surface area contributed by atoms with Gasteiger partial charge in [0.2, 0.25) is 0 Å². The number of ether oxygens (including phenoxy) is 4. The van der Waals surface area contributed by atoms with Crippen LogP contribution in [0.3, 0.4) is 0 Å². The number of esters is 1. The number of methoxy groups -OCH3 is 1. The number of hydrogen-bond acceptors (Lipinski definition) is 6. The van der Waals surface area contributed by atoms with Crippen LogP contribution in [0.4, 0.5) is 0 Å². The number of aliphatic hydroxyl groups excluding tert-OH is 1. The van der Waals surface area contributed by atoms with E-state index in [-0.39, 0.29) is 18.5 Å². The van der Waals surface area contributed by atoms with Gasteiger partial charge in [-0.25, -0.2) is 0 Å². The molecule has 2 aliphatic rings. The van der Waals surface area contributed by atoms with Gasteiger partial charge in [0.15, 0.2) is 12.4 Å². The Morgan fingerprint density at radius 3 is 2.71 bits per heavy atom. The SMILES string of the molecule is CO[C@H]1O[C@H]2[C@H](OC[C@H]2OC(=O)C(C)C)[C@@H]1O. The Labute approximate surface area is 99.8 Å². The number of fused-ring (bicyclic) bond motifs is 1. The van der Waals surface area contributed by atoms with E-state index in [1.54, 1.807) is 13.8 Å². The van der Waals surface area contributed by atoms with Crippen LogP contribution in [0.5, 0.6) is 0 Å². The van der Waals surface area contributed by atoms with Crippen LogP contribution < -0.4 is 0 Å². The second-order valence-electron chi connectivity index (χ2n) is 4.62. The van der Waals surface area contributed by atoms with Gasteiger partial charge in [-0.05, 0) is 0 Å². The van der Waals surface area contributed by atoms with Crippen LogP contribution in [-0.4, -0.2) is 55.5 Å². The number of carbonyl (C=O) groups excluding carboxylic acids is 1. The summed E-state index contributed by atoms with van der Waals surface area (Å²) in [6, 6.07) is 0. The average molecular weight is 246 g/mol. The minimum atomic E-state index is -0.840. The smallest absolute Gasteiger partial charge is 0.308 e. The minimum Gasteiger partial charge on any atom is -0.457 e. The van der Waals surface area contributed by atoms with Gasteiger partial charge in [-0.2, -0.15) is 0 Å². The Kier molecular flexibility index (Phi) is 3.67. The van der Waals surface area contributed by atoms with E-state index in [1.165, 1.54) is 7.11 Å². The van der Waals surface area contributed by atoms with Crippen LogP contribution in [0, 0.1) is 5.92 Å². The zero-order valence-electron chi connectivity index (χ0n) is 10.2. The molecule has 2 saturated heterocycles. The summed E-state index contributed by atoms with van der Waals surface area (Å²) < 4.78 is 21.1. The molecule has 0 spiro atoms. The van der Waals surface area contributed by atoms with E-state index in [2.05, 4.69) is 0 Å². The Balaban J connectivity index is 1.97. The second kappa shape index (κ2) is 4.89. The molecule has 0 aromatic carbocycles. The molecule has 2 heterocycles. The van der Waals surface area contributed by atoms with Crippen LogP contribution in [-0.2, 0) is 23.7 Å². The normalized spacial score (nSPS) is 40.6. The van der Waals surface area contributed by atoms with Crippen molar-refractivity contribution >= 4 is 5.97 Å². The standard InChI is InChI=1S/C11H18O6/c1-5(2)10(13)16-6-4-15-9-7(12)11(14-3)17-8(6)9/h5-9,11-12H,4H2,1-3H3/t6-,7+,8-,9-,11+/m1/s1. The van der Waals surface area contributed by atoms with Crippen molar-refractivity contribution in [2.45, 2.75) is 44.6 Å². The molecule has 2 aliphatic heterocycles. The maximum atomic E-state index is 11.5. The van der Waals surface area contributed by atoms with Gasteiger partial charge in [0, 0.05) is 7.11 Å². The highest BCUT2D eigenvalue weighted by Gasteiger charge is 2.53. The van der Waals surface area contributed by atoms with Gasteiger partial charge < -0.3 is 24.1 Å². The van der Waals surface area contributed by atoms with Crippen molar-refractivity contribution in [2.24, 2.45) is 5.92 Å². The Morgan fingerprint density at radius 2 is 2.12 bits per heavy atom. The molecule has 1 N–H and O–H groups in total. The molecule has 0 aromatic heterocycles. The lowest BCUT2D eigenvalue weighted by atomic mass is 10.1. The van der Waals surface area contributed by atoms with Gasteiger partial charge in [-0.15, -0.1) is 0 Å². The average Bonchev–Trinajstić information content (AvgIpc) is 2.81. The number of aliphatic hydroxyl groups is 1. The van der Waals surface area contributed by atoms with E-state index in [0.29, 0.717) is 0 Å². The Morgan fingerprint density at radius 1 is 1.41 bits per heavy atom. The summed E-state index contributed by atoms with van der Waals surface area (Å²) in [4.78, 5) is 11.5. The van der Waals surface area contributed by atoms with Crippen molar-refractivity contribution in [3.05, 3.63) is 0 Å². The van der Waals surface area contributed by atoms with Crippen molar-refractivity contribution in [3.8, 4) is 0 Å². The third-order valence-electron chi connectivity index (χ3n) is 3.02. The monoisotopic (exact) mass is 246 g/mol. The molecule has 17 heavy (non-hydrogen) atoms. The van der Waals surface area contributed by atoms with Crippen LogP contribution in [0.25, 0.3) is 0 Å². The molecule has 0 radical (unpaired) electrons. The fourth-order valence-corrected chi connectivity index (χ4v) is 2.04. The molecule has 98 valence electrons. The lowest BCUT2D eigenvalue weighted by Crippen LogP contribution is -2.35. The molecule has 0 aliphatic carbocycles. The zero-order chi connectivity index (χ0) is 12.6. The Bertz CT molecular complexity index is 292. The predicted molar refractivity (Wildman–Crippen MR) is 56.1 cm³/mol. The largest absolute Gasteiger partial charge is 0.457 e. The van der Waals surface area contributed by atoms with Crippen LogP contribution in [0.2, 0.25) is 0 Å². The summed E-state index contributed by atoms with van der Waals surface area (Å²) in [5.41, 5.74) is 0. The van der Waals surface area contributed by atoms with Crippen LogP contribution in [0.15, 0.2) is 0 Å². The number of hydrogen-bond donors (Lipinski definition) is 1. The highest BCUT2D eigenvalue weighted by atomic mass is 16.7. The topological polar surface area (TPSA) is 74.2 Å². The van der Waals surface area contributed by atoms with Crippen molar-refractivity contribution in [3.63, 3.8) is 0 Å². The van der Waals surface area contributed by atoms with E-state index in [9.17, 15) is 9.90 Å². The molecule has 0 aromatic rings. The van der Waals surface area contributed by atoms with Crippen molar-refractivity contribution in [1.29, 1.82) is 0 Å². The van der Waals surface area contributed by atoms with Gasteiger partial charge in [-0.3, -0.25) is 4.79 Å². The van der Waals surface area contributed by atoms with Crippen LogP contribution >= 0.6 is 0 Å². The molecule has 0 bridgehead atoms. The first-order valence-corrected chi connectivity index (χ1v) is 5.73. The molecule has 0 amide bonds. The lowest BCUT2D eigenvalue weighted by Gasteiger charge is -2.19. The first kappa shape index (κ1) is 12.8. The summed E-state index contributed by atoms with van der Waals surface area (Å²) >= 11 is 0. The fourth-order valence-electron chi connectivity index (χ4n) is 2.04.